The molecule has 0 bridgehead atoms. The van der Waals surface area contributed by atoms with Gasteiger partial charge in [-0.2, -0.15) is 4.80 Å². The fourth-order valence-electron chi connectivity index (χ4n) is 2.63. The molecule has 0 spiro atoms. The number of nitrogens with zero attached hydrogens (tertiary/aromatic N) is 6. The number of aromatic nitrogens is 5. The number of carbonyl (C=O) groups excluding carboxylic acids is 1. The first-order valence-corrected chi connectivity index (χ1v) is 8.11. The van der Waals surface area contributed by atoms with Gasteiger partial charge in [-0.3, -0.25) is 9.78 Å². The van der Waals surface area contributed by atoms with E-state index in [0.717, 1.165) is 11.3 Å². The Kier molecular flexibility index (Phi) is 5.33. The minimum Gasteiger partial charge on any atom is -0.382 e. The summed E-state index contributed by atoms with van der Waals surface area (Å²) in [5.74, 6) is 0.405. The van der Waals surface area contributed by atoms with Crippen molar-refractivity contribution in [3.63, 3.8) is 0 Å². The summed E-state index contributed by atoms with van der Waals surface area (Å²) < 4.78 is 5.29. The molecule has 0 aliphatic heterocycles. The van der Waals surface area contributed by atoms with E-state index < -0.39 is 0 Å². The summed E-state index contributed by atoms with van der Waals surface area (Å²) in [5.41, 5.74) is 2.15. The van der Waals surface area contributed by atoms with Crippen molar-refractivity contribution >= 4 is 5.91 Å². The quantitative estimate of drug-likeness (QED) is 0.672. The zero-order valence-electron chi connectivity index (χ0n) is 14.9. The first-order valence-electron chi connectivity index (χ1n) is 8.11. The lowest BCUT2D eigenvalue weighted by atomic mass is 10.1. The van der Waals surface area contributed by atoms with Gasteiger partial charge in [0, 0.05) is 31.5 Å². The Balaban J connectivity index is 1.80. The van der Waals surface area contributed by atoms with Gasteiger partial charge in [0.05, 0.1) is 25.4 Å². The van der Waals surface area contributed by atoms with Crippen LogP contribution in [0.4, 0.5) is 0 Å². The molecule has 0 aliphatic carbocycles. The predicted molar refractivity (Wildman–Crippen MR) is 95.2 cm³/mol. The van der Waals surface area contributed by atoms with Crippen LogP contribution in [0.5, 0.6) is 0 Å². The highest BCUT2D eigenvalue weighted by atomic mass is 16.5. The molecular formula is C18H20N6O2. The topological polar surface area (TPSA) is 86.0 Å². The van der Waals surface area contributed by atoms with Gasteiger partial charge < -0.3 is 9.64 Å². The number of rotatable bonds is 6. The summed E-state index contributed by atoms with van der Waals surface area (Å²) in [6, 6.07) is 12.5. The van der Waals surface area contributed by atoms with Crippen molar-refractivity contribution in [3.8, 4) is 11.4 Å². The Hall–Kier alpha value is -3.13. The average Bonchev–Trinajstić information content (AvgIpc) is 3.12. The van der Waals surface area contributed by atoms with E-state index in [-0.39, 0.29) is 11.9 Å². The van der Waals surface area contributed by atoms with Gasteiger partial charge in [-0.05, 0) is 29.5 Å². The molecule has 0 fully saturated rings. The van der Waals surface area contributed by atoms with E-state index in [0.29, 0.717) is 18.0 Å². The van der Waals surface area contributed by atoms with Gasteiger partial charge in [-0.1, -0.05) is 18.2 Å². The number of pyridine rings is 1. The number of amides is 1. The van der Waals surface area contributed by atoms with E-state index in [1.165, 1.54) is 4.80 Å². The van der Waals surface area contributed by atoms with Crippen molar-refractivity contribution in [2.24, 2.45) is 7.05 Å². The van der Waals surface area contributed by atoms with Crippen LogP contribution in [0.3, 0.4) is 0 Å². The summed E-state index contributed by atoms with van der Waals surface area (Å²) >= 11 is 0. The molecule has 1 atom stereocenters. The highest BCUT2D eigenvalue weighted by Gasteiger charge is 2.23. The average molecular weight is 352 g/mol. The van der Waals surface area contributed by atoms with Crippen LogP contribution in [-0.2, 0) is 11.8 Å². The van der Waals surface area contributed by atoms with Gasteiger partial charge >= 0.3 is 0 Å². The third-order valence-electron chi connectivity index (χ3n) is 4.04. The summed E-state index contributed by atoms with van der Waals surface area (Å²) in [4.78, 5) is 20.3. The highest BCUT2D eigenvalue weighted by Crippen LogP contribution is 2.21. The first-order chi connectivity index (χ1) is 12.6. The van der Waals surface area contributed by atoms with Gasteiger partial charge in [-0.15, -0.1) is 10.2 Å². The summed E-state index contributed by atoms with van der Waals surface area (Å²) in [7, 11) is 5.06. The van der Waals surface area contributed by atoms with Crippen molar-refractivity contribution in [1.29, 1.82) is 0 Å². The van der Waals surface area contributed by atoms with E-state index in [1.807, 2.05) is 30.3 Å². The van der Waals surface area contributed by atoms with Gasteiger partial charge in [0.1, 0.15) is 0 Å². The Morgan fingerprint density at radius 3 is 2.58 bits per heavy atom. The molecule has 0 aliphatic rings. The molecule has 134 valence electrons. The van der Waals surface area contributed by atoms with Crippen LogP contribution in [0.25, 0.3) is 11.4 Å². The zero-order valence-corrected chi connectivity index (χ0v) is 14.9. The molecule has 26 heavy (non-hydrogen) atoms. The lowest BCUT2D eigenvalue weighted by Crippen LogP contribution is -2.34. The number of aryl methyl sites for hydroxylation is 1. The number of hydrogen-bond acceptors (Lipinski definition) is 6. The van der Waals surface area contributed by atoms with Crippen LogP contribution in [-0.4, -0.2) is 56.8 Å². The zero-order chi connectivity index (χ0) is 18.5. The van der Waals surface area contributed by atoms with Crippen LogP contribution in [0.2, 0.25) is 0 Å². The molecule has 1 aromatic carbocycles. The molecule has 0 saturated carbocycles. The maximum atomic E-state index is 12.9. The second-order valence-electron chi connectivity index (χ2n) is 5.82. The third kappa shape index (κ3) is 3.75. The molecule has 8 heteroatoms. The van der Waals surface area contributed by atoms with Crippen LogP contribution in [0, 0.1) is 0 Å². The maximum Gasteiger partial charge on any atom is 0.254 e. The second kappa shape index (κ2) is 7.83. The summed E-state index contributed by atoms with van der Waals surface area (Å²) in [5, 5.41) is 11.9. The van der Waals surface area contributed by atoms with Crippen molar-refractivity contribution in [3.05, 3.63) is 59.9 Å². The molecule has 1 unspecified atom stereocenters. The lowest BCUT2D eigenvalue weighted by molar-refractivity contribution is 0.0595. The molecule has 3 rings (SSSR count). The van der Waals surface area contributed by atoms with E-state index in [2.05, 4.69) is 20.4 Å². The number of hydrogen-bond donors (Lipinski definition) is 0. The normalized spacial score (nSPS) is 12.0. The van der Waals surface area contributed by atoms with Crippen LogP contribution in [0.1, 0.15) is 22.1 Å². The fraction of sp³-hybridized carbons (Fsp3) is 0.278. The minimum atomic E-state index is -0.268. The fourth-order valence-corrected chi connectivity index (χ4v) is 2.63. The van der Waals surface area contributed by atoms with Crippen LogP contribution in [0.15, 0.2) is 48.7 Å². The van der Waals surface area contributed by atoms with Gasteiger partial charge in [0.25, 0.3) is 5.91 Å². The summed E-state index contributed by atoms with van der Waals surface area (Å²) in [6.07, 6.45) is 1.71. The molecule has 2 heterocycles. The van der Waals surface area contributed by atoms with Gasteiger partial charge in [0.2, 0.25) is 5.82 Å². The van der Waals surface area contributed by atoms with Crippen LogP contribution >= 0.6 is 0 Å². The van der Waals surface area contributed by atoms with Crippen molar-refractivity contribution in [2.75, 3.05) is 20.8 Å². The number of likely N-dealkylation sites (N-methyl/N-ethyl adjacent to an activating group) is 1. The van der Waals surface area contributed by atoms with E-state index in [9.17, 15) is 4.79 Å². The first kappa shape index (κ1) is 17.7. The SMILES string of the molecule is COCC(c1ccccn1)N(C)C(=O)c1ccc(-c2nnn(C)n2)cc1. The van der Waals surface area contributed by atoms with E-state index in [4.69, 9.17) is 4.74 Å². The van der Waals surface area contributed by atoms with Crippen LogP contribution < -0.4 is 0 Å². The van der Waals surface area contributed by atoms with Gasteiger partial charge in [0.15, 0.2) is 0 Å². The highest BCUT2D eigenvalue weighted by molar-refractivity contribution is 5.94. The van der Waals surface area contributed by atoms with Crippen molar-refractivity contribution < 1.29 is 9.53 Å². The maximum absolute atomic E-state index is 12.9. The minimum absolute atomic E-state index is 0.114. The Morgan fingerprint density at radius 1 is 1.23 bits per heavy atom. The standard InChI is InChI=1S/C18H20N6O2/c1-23(16(12-26-3)15-6-4-5-11-19-15)18(25)14-9-7-13(8-10-14)17-20-22-24(2)21-17/h4-11,16H,12H2,1-3H3. The van der Waals surface area contributed by atoms with Gasteiger partial charge in [-0.25, -0.2) is 0 Å². The molecule has 8 nitrogen and oxygen atoms in total. The number of methoxy groups -OCH3 is 1. The Morgan fingerprint density at radius 2 is 2.00 bits per heavy atom. The number of benzene rings is 1. The Bertz CT molecular complexity index is 863. The smallest absolute Gasteiger partial charge is 0.254 e. The van der Waals surface area contributed by atoms with E-state index in [1.54, 1.807) is 44.4 Å². The van der Waals surface area contributed by atoms with Crippen molar-refractivity contribution in [2.45, 2.75) is 6.04 Å². The Labute approximate surface area is 151 Å². The van der Waals surface area contributed by atoms with Crippen molar-refractivity contribution in [1.82, 2.24) is 30.1 Å². The second-order valence-corrected chi connectivity index (χ2v) is 5.82. The lowest BCUT2D eigenvalue weighted by Gasteiger charge is -2.27. The molecule has 3 aromatic rings. The molecule has 0 N–H and O–H groups in total. The monoisotopic (exact) mass is 352 g/mol. The third-order valence-corrected chi connectivity index (χ3v) is 4.04. The summed E-state index contributed by atoms with van der Waals surface area (Å²) in [6.45, 7) is 0.362. The number of ether oxygens (including phenoxy) is 1. The van der Waals surface area contributed by atoms with E-state index >= 15 is 0 Å². The predicted octanol–water partition coefficient (Wildman–Crippen LogP) is 1.73. The number of carbonyl (C=O) groups is 1. The molecule has 1 amide bonds. The molecule has 0 saturated heterocycles. The molecule has 2 aromatic heterocycles. The molecule has 0 radical (unpaired) electrons. The number of tetrazole rings is 1. The largest absolute Gasteiger partial charge is 0.382 e. The molecular weight excluding hydrogens is 332 g/mol.